The van der Waals surface area contributed by atoms with E-state index in [0.717, 1.165) is 16.5 Å². The first-order valence-electron chi connectivity index (χ1n) is 10.3. The fraction of sp³-hybridized carbons (Fsp3) is 0.273. The van der Waals surface area contributed by atoms with Crippen LogP contribution in [0, 0.1) is 12.7 Å². The van der Waals surface area contributed by atoms with E-state index < -0.39 is 30.1 Å². The molecule has 1 fully saturated rings. The molecule has 170 valence electrons. The first-order chi connectivity index (χ1) is 15.8. The van der Waals surface area contributed by atoms with Crippen LogP contribution in [-0.4, -0.2) is 55.8 Å². The summed E-state index contributed by atoms with van der Waals surface area (Å²) >= 11 is 0. The number of rotatable bonds is 5. The van der Waals surface area contributed by atoms with Crippen molar-refractivity contribution in [2.24, 2.45) is 0 Å². The molecule has 0 bridgehead atoms. The summed E-state index contributed by atoms with van der Waals surface area (Å²) in [4.78, 5) is 20.0. The molecule has 2 aromatic carbocycles. The van der Waals surface area contributed by atoms with Crippen molar-refractivity contribution in [1.29, 1.82) is 0 Å². The van der Waals surface area contributed by atoms with Crippen LogP contribution in [-0.2, 0) is 0 Å². The van der Waals surface area contributed by atoms with Gasteiger partial charge in [-0.15, -0.1) is 0 Å². The molecule has 11 heteroatoms. The lowest BCUT2D eigenvalue weighted by atomic mass is 10.1. The normalized spacial score (nSPS) is 17.6. The Kier molecular flexibility index (Phi) is 5.03. The molecule has 1 atom stereocenters. The Bertz CT molecular complexity index is 1320. The fourth-order valence-electron chi connectivity index (χ4n) is 3.97. The van der Waals surface area contributed by atoms with Crippen LogP contribution in [0.3, 0.4) is 0 Å². The largest absolute Gasteiger partial charge is 0.423 e. The number of likely N-dealkylation sites (tertiary alicyclic amines) is 1. The van der Waals surface area contributed by atoms with Gasteiger partial charge in [-0.2, -0.15) is 20.0 Å². The third kappa shape index (κ3) is 3.90. The average molecular weight is 456 g/mol. The quantitative estimate of drug-likeness (QED) is 0.491. The lowest BCUT2D eigenvalue weighted by molar-refractivity contribution is -0.0249. The highest BCUT2D eigenvalue weighted by Gasteiger charge is 2.51. The van der Waals surface area contributed by atoms with Crippen LogP contribution in [0.1, 0.15) is 22.3 Å². The second-order valence-corrected chi connectivity index (χ2v) is 7.88. The minimum absolute atomic E-state index is 0.0253. The number of hydrogen-bond acceptors (Lipinski definition) is 6. The van der Waals surface area contributed by atoms with Gasteiger partial charge in [0.2, 0.25) is 0 Å². The van der Waals surface area contributed by atoms with Gasteiger partial charge in [-0.05, 0) is 31.2 Å². The SMILES string of the molecule is Cc1ccc(-n2nccn2)c(C(=O)N2CCC(F)(F)C2CNc2nc3ccc(F)cc3o2)c1. The van der Waals surface area contributed by atoms with E-state index >= 15 is 0 Å². The minimum Gasteiger partial charge on any atom is -0.423 e. The van der Waals surface area contributed by atoms with Crippen LogP contribution in [0.4, 0.5) is 19.2 Å². The highest BCUT2D eigenvalue weighted by molar-refractivity contribution is 5.98. The predicted molar refractivity (Wildman–Crippen MR) is 113 cm³/mol. The van der Waals surface area contributed by atoms with Crippen LogP contribution in [0.15, 0.2) is 53.2 Å². The lowest BCUT2D eigenvalue weighted by Crippen LogP contribution is -2.47. The summed E-state index contributed by atoms with van der Waals surface area (Å²) in [7, 11) is 0. The molecule has 33 heavy (non-hydrogen) atoms. The number of oxazole rings is 1. The number of nitrogens with zero attached hydrogens (tertiary/aromatic N) is 5. The molecular formula is C22H19F3N6O2. The van der Waals surface area contributed by atoms with Gasteiger partial charge in [0.15, 0.2) is 5.58 Å². The topological polar surface area (TPSA) is 89.1 Å². The third-order valence-electron chi connectivity index (χ3n) is 5.62. The summed E-state index contributed by atoms with van der Waals surface area (Å²) in [6, 6.07) is 7.48. The Hall–Kier alpha value is -3.89. The van der Waals surface area contributed by atoms with Gasteiger partial charge in [0.05, 0.1) is 23.6 Å². The molecule has 1 N–H and O–H groups in total. The Balaban J connectivity index is 1.42. The van der Waals surface area contributed by atoms with Gasteiger partial charge in [-0.3, -0.25) is 4.79 Å². The minimum atomic E-state index is -3.12. The number of amides is 1. The second kappa shape index (κ2) is 7.91. The van der Waals surface area contributed by atoms with E-state index in [9.17, 15) is 18.0 Å². The van der Waals surface area contributed by atoms with E-state index in [2.05, 4.69) is 20.5 Å². The zero-order valence-electron chi connectivity index (χ0n) is 17.5. The van der Waals surface area contributed by atoms with Crippen LogP contribution >= 0.6 is 0 Å². The molecule has 8 nitrogen and oxygen atoms in total. The van der Waals surface area contributed by atoms with E-state index in [1.807, 2.05) is 6.92 Å². The molecule has 1 aliphatic rings. The molecule has 0 spiro atoms. The Labute approximate surface area is 186 Å². The number of halogens is 3. The lowest BCUT2D eigenvalue weighted by Gasteiger charge is -2.28. The van der Waals surface area contributed by atoms with Crippen LogP contribution < -0.4 is 5.32 Å². The van der Waals surface area contributed by atoms with Crippen molar-refractivity contribution in [3.05, 3.63) is 65.7 Å². The zero-order chi connectivity index (χ0) is 23.2. The van der Waals surface area contributed by atoms with Crippen molar-refractivity contribution < 1.29 is 22.4 Å². The number of carbonyl (C=O) groups is 1. The zero-order valence-corrected chi connectivity index (χ0v) is 17.5. The summed E-state index contributed by atoms with van der Waals surface area (Å²) in [5.41, 5.74) is 2.01. The maximum atomic E-state index is 14.8. The van der Waals surface area contributed by atoms with Crippen LogP contribution in [0.2, 0.25) is 0 Å². The second-order valence-electron chi connectivity index (χ2n) is 7.88. The van der Waals surface area contributed by atoms with Crippen LogP contribution in [0.25, 0.3) is 16.8 Å². The smallest absolute Gasteiger partial charge is 0.295 e. The Morgan fingerprint density at radius 1 is 1.21 bits per heavy atom. The fourth-order valence-corrected chi connectivity index (χ4v) is 3.97. The summed E-state index contributed by atoms with van der Waals surface area (Å²) in [6.07, 6.45) is 2.47. The molecule has 5 rings (SSSR count). The monoisotopic (exact) mass is 456 g/mol. The highest BCUT2D eigenvalue weighted by Crippen LogP contribution is 2.36. The van der Waals surface area contributed by atoms with Crippen molar-refractivity contribution in [2.45, 2.75) is 25.3 Å². The molecule has 0 aliphatic carbocycles. The number of aromatic nitrogens is 4. The van der Waals surface area contributed by atoms with E-state index in [0.29, 0.717) is 11.2 Å². The van der Waals surface area contributed by atoms with E-state index in [4.69, 9.17) is 4.42 Å². The van der Waals surface area contributed by atoms with Gasteiger partial charge in [0.25, 0.3) is 17.8 Å². The van der Waals surface area contributed by atoms with Gasteiger partial charge >= 0.3 is 0 Å². The maximum Gasteiger partial charge on any atom is 0.295 e. The molecule has 1 aliphatic heterocycles. The van der Waals surface area contributed by atoms with E-state index in [-0.39, 0.29) is 30.3 Å². The summed E-state index contributed by atoms with van der Waals surface area (Å²) < 4.78 is 48.4. The van der Waals surface area contributed by atoms with E-state index in [1.165, 1.54) is 29.3 Å². The molecule has 0 radical (unpaired) electrons. The van der Waals surface area contributed by atoms with Crippen molar-refractivity contribution in [3.8, 4) is 5.69 Å². The van der Waals surface area contributed by atoms with Crippen LogP contribution in [0.5, 0.6) is 0 Å². The number of fused-ring (bicyclic) bond motifs is 1. The average Bonchev–Trinajstić information content (AvgIpc) is 3.50. The van der Waals surface area contributed by atoms with Crippen molar-refractivity contribution in [1.82, 2.24) is 24.9 Å². The number of benzene rings is 2. The standard InChI is InChI=1S/C22H19F3N6O2/c1-13-2-5-17(31-27-7-8-28-31)15(10-13)20(32)30-9-6-22(24,25)19(30)12-26-21-29-16-4-3-14(23)11-18(16)33-21/h2-5,7-8,10-11,19H,6,9,12H2,1H3,(H,26,29). The maximum absolute atomic E-state index is 14.8. The molecular weight excluding hydrogens is 437 g/mol. The molecule has 1 amide bonds. The summed E-state index contributed by atoms with van der Waals surface area (Å²) in [5.74, 6) is -4.16. The predicted octanol–water partition coefficient (Wildman–Crippen LogP) is 3.82. The molecule has 1 saturated heterocycles. The van der Waals surface area contributed by atoms with Gasteiger partial charge < -0.3 is 14.6 Å². The van der Waals surface area contributed by atoms with Gasteiger partial charge in [0.1, 0.15) is 17.4 Å². The molecule has 4 aromatic rings. The highest BCUT2D eigenvalue weighted by atomic mass is 19.3. The Morgan fingerprint density at radius 2 is 2.00 bits per heavy atom. The molecule has 0 saturated carbocycles. The summed E-state index contributed by atoms with van der Waals surface area (Å²) in [5, 5.41) is 10.9. The van der Waals surface area contributed by atoms with Gasteiger partial charge in [0, 0.05) is 25.6 Å². The number of hydrogen-bond donors (Lipinski definition) is 1. The Morgan fingerprint density at radius 3 is 2.79 bits per heavy atom. The molecule has 3 heterocycles. The van der Waals surface area contributed by atoms with Crippen molar-refractivity contribution in [2.75, 3.05) is 18.4 Å². The van der Waals surface area contributed by atoms with Gasteiger partial charge in [-0.25, -0.2) is 13.2 Å². The number of anilines is 1. The summed E-state index contributed by atoms with van der Waals surface area (Å²) in [6.45, 7) is 1.40. The number of nitrogens with one attached hydrogen (secondary N) is 1. The number of aryl methyl sites for hydroxylation is 1. The number of carbonyl (C=O) groups excluding carboxylic acids is 1. The van der Waals surface area contributed by atoms with E-state index in [1.54, 1.807) is 18.2 Å². The molecule has 1 unspecified atom stereocenters. The molecule has 2 aromatic heterocycles. The third-order valence-corrected chi connectivity index (χ3v) is 5.62. The first-order valence-corrected chi connectivity index (χ1v) is 10.3. The van der Waals surface area contributed by atoms with Crippen molar-refractivity contribution >= 4 is 23.0 Å². The van der Waals surface area contributed by atoms with Crippen molar-refractivity contribution in [3.63, 3.8) is 0 Å². The van der Waals surface area contributed by atoms with Gasteiger partial charge in [-0.1, -0.05) is 11.6 Å². The number of alkyl halides is 2. The first kappa shape index (κ1) is 21.0.